The van der Waals surface area contributed by atoms with Crippen LogP contribution < -0.4 is 5.32 Å². The molecule has 1 atom stereocenters. The number of benzene rings is 1. The Morgan fingerprint density at radius 2 is 2.19 bits per heavy atom. The van der Waals surface area contributed by atoms with Gasteiger partial charge in [-0.3, -0.25) is 10.00 Å². The van der Waals surface area contributed by atoms with Crippen LogP contribution in [0.4, 0.5) is 10.5 Å². The second-order valence-corrected chi connectivity index (χ2v) is 7.53. The standard InChI is InChI=1S/C20H27N5O2/c26-11-7-18-14-25(10-9-24(18)13-15-4-5-15)20(27)22-17-3-1-2-16(12-17)19-6-8-21-23-19/h1-3,6,8,12,15,18,26H,4-5,7,9-11,13-14H2,(H,21,23)(H,22,27). The zero-order valence-electron chi connectivity index (χ0n) is 15.5. The lowest BCUT2D eigenvalue weighted by molar-refractivity contribution is 0.0739. The summed E-state index contributed by atoms with van der Waals surface area (Å²) < 4.78 is 0. The first-order chi connectivity index (χ1) is 13.2. The van der Waals surface area contributed by atoms with Crippen molar-refractivity contribution < 1.29 is 9.90 Å². The third kappa shape index (κ3) is 4.48. The van der Waals surface area contributed by atoms with Crippen LogP contribution in [-0.2, 0) is 0 Å². The number of aliphatic hydroxyl groups excluding tert-OH is 1. The van der Waals surface area contributed by atoms with E-state index in [4.69, 9.17) is 0 Å². The van der Waals surface area contributed by atoms with Gasteiger partial charge in [0.1, 0.15) is 0 Å². The monoisotopic (exact) mass is 369 g/mol. The summed E-state index contributed by atoms with van der Waals surface area (Å²) in [5, 5.41) is 19.3. The number of carbonyl (C=O) groups excluding carboxylic acids is 1. The fraction of sp³-hybridized carbons (Fsp3) is 0.500. The zero-order valence-corrected chi connectivity index (χ0v) is 15.5. The van der Waals surface area contributed by atoms with Crippen LogP contribution in [-0.4, -0.2) is 70.0 Å². The van der Waals surface area contributed by atoms with Gasteiger partial charge in [0.05, 0.1) is 5.69 Å². The number of piperazine rings is 1. The van der Waals surface area contributed by atoms with Crippen molar-refractivity contribution in [2.24, 2.45) is 5.92 Å². The average Bonchev–Trinajstić information content (AvgIpc) is 3.32. The first-order valence-electron chi connectivity index (χ1n) is 9.73. The number of urea groups is 1. The van der Waals surface area contributed by atoms with E-state index in [-0.39, 0.29) is 18.7 Å². The quantitative estimate of drug-likeness (QED) is 0.730. The third-order valence-corrected chi connectivity index (χ3v) is 5.47. The Bertz CT molecular complexity index is 759. The van der Waals surface area contributed by atoms with Gasteiger partial charge in [-0.05, 0) is 43.4 Å². The SMILES string of the molecule is O=C(Nc1cccc(-c2ccn[nH]2)c1)N1CCN(CC2CC2)C(CCO)C1. The fourth-order valence-corrected chi connectivity index (χ4v) is 3.76. The summed E-state index contributed by atoms with van der Waals surface area (Å²) >= 11 is 0. The lowest BCUT2D eigenvalue weighted by Gasteiger charge is -2.41. The molecule has 1 unspecified atom stereocenters. The van der Waals surface area contributed by atoms with E-state index in [2.05, 4.69) is 20.4 Å². The Morgan fingerprint density at radius 1 is 1.30 bits per heavy atom. The van der Waals surface area contributed by atoms with Gasteiger partial charge in [0.25, 0.3) is 0 Å². The summed E-state index contributed by atoms with van der Waals surface area (Å²) in [4.78, 5) is 17.1. The van der Waals surface area contributed by atoms with Crippen LogP contribution in [0.15, 0.2) is 36.5 Å². The van der Waals surface area contributed by atoms with Gasteiger partial charge in [0.15, 0.2) is 0 Å². The number of aromatic amines is 1. The fourth-order valence-electron chi connectivity index (χ4n) is 3.76. The number of nitrogens with zero attached hydrogens (tertiary/aromatic N) is 3. The van der Waals surface area contributed by atoms with Gasteiger partial charge in [0, 0.05) is 56.3 Å². The molecule has 2 heterocycles. The summed E-state index contributed by atoms with van der Waals surface area (Å²) in [6.07, 6.45) is 5.06. The summed E-state index contributed by atoms with van der Waals surface area (Å²) in [6.45, 7) is 3.53. The lowest BCUT2D eigenvalue weighted by Crippen LogP contribution is -2.56. The van der Waals surface area contributed by atoms with Crippen LogP contribution in [0.1, 0.15) is 19.3 Å². The Hall–Kier alpha value is -2.38. The van der Waals surface area contributed by atoms with Gasteiger partial charge >= 0.3 is 6.03 Å². The molecule has 1 aliphatic heterocycles. The van der Waals surface area contributed by atoms with Crippen molar-refractivity contribution in [2.45, 2.75) is 25.3 Å². The predicted molar refractivity (Wildman–Crippen MR) is 104 cm³/mol. The molecule has 2 fully saturated rings. The van der Waals surface area contributed by atoms with E-state index in [1.54, 1.807) is 6.20 Å². The van der Waals surface area contributed by atoms with E-state index in [1.807, 2.05) is 35.2 Å². The number of aromatic nitrogens is 2. The van der Waals surface area contributed by atoms with Crippen LogP contribution in [0, 0.1) is 5.92 Å². The van der Waals surface area contributed by atoms with E-state index in [0.717, 1.165) is 42.5 Å². The molecule has 0 spiro atoms. The van der Waals surface area contributed by atoms with E-state index in [1.165, 1.54) is 12.8 Å². The number of aliphatic hydroxyl groups is 1. The number of anilines is 1. The molecule has 3 N–H and O–H groups in total. The molecule has 27 heavy (non-hydrogen) atoms. The van der Waals surface area contributed by atoms with E-state index >= 15 is 0 Å². The lowest BCUT2D eigenvalue weighted by atomic mass is 10.1. The third-order valence-electron chi connectivity index (χ3n) is 5.47. The summed E-state index contributed by atoms with van der Waals surface area (Å²) in [5.74, 6) is 0.816. The highest BCUT2D eigenvalue weighted by Gasteiger charge is 2.33. The summed E-state index contributed by atoms with van der Waals surface area (Å²) in [6, 6.07) is 9.81. The predicted octanol–water partition coefficient (Wildman–Crippen LogP) is 2.39. The van der Waals surface area contributed by atoms with Gasteiger partial charge in [-0.25, -0.2) is 4.79 Å². The number of hydrogen-bond acceptors (Lipinski definition) is 4. The molecule has 0 radical (unpaired) electrons. The molecule has 0 bridgehead atoms. The minimum Gasteiger partial charge on any atom is -0.396 e. The Labute approximate surface area is 159 Å². The highest BCUT2D eigenvalue weighted by molar-refractivity contribution is 5.90. The van der Waals surface area contributed by atoms with Crippen molar-refractivity contribution >= 4 is 11.7 Å². The molecule has 7 heteroatoms. The molecule has 144 valence electrons. The van der Waals surface area contributed by atoms with Crippen molar-refractivity contribution in [3.63, 3.8) is 0 Å². The molecule has 7 nitrogen and oxygen atoms in total. The topological polar surface area (TPSA) is 84.5 Å². The van der Waals surface area contributed by atoms with Crippen LogP contribution in [0.5, 0.6) is 0 Å². The highest BCUT2D eigenvalue weighted by atomic mass is 16.3. The van der Waals surface area contributed by atoms with Crippen molar-refractivity contribution in [3.8, 4) is 11.3 Å². The molecule has 2 aromatic rings. The van der Waals surface area contributed by atoms with Crippen molar-refractivity contribution in [2.75, 3.05) is 38.1 Å². The minimum atomic E-state index is -0.0780. The molecule has 1 saturated carbocycles. The van der Waals surface area contributed by atoms with Gasteiger partial charge in [-0.15, -0.1) is 0 Å². The largest absolute Gasteiger partial charge is 0.396 e. The number of amides is 2. The number of rotatable bonds is 6. The molecule has 4 rings (SSSR count). The Morgan fingerprint density at radius 3 is 2.93 bits per heavy atom. The second-order valence-electron chi connectivity index (χ2n) is 7.53. The molecule has 1 aromatic heterocycles. The molecular weight excluding hydrogens is 342 g/mol. The minimum absolute atomic E-state index is 0.0780. The smallest absolute Gasteiger partial charge is 0.321 e. The van der Waals surface area contributed by atoms with Crippen LogP contribution in [0.2, 0.25) is 0 Å². The van der Waals surface area contributed by atoms with Crippen LogP contribution in [0.25, 0.3) is 11.3 Å². The first-order valence-corrected chi connectivity index (χ1v) is 9.73. The Kier molecular flexibility index (Phi) is 5.40. The molecule has 1 aliphatic carbocycles. The van der Waals surface area contributed by atoms with Crippen molar-refractivity contribution in [1.29, 1.82) is 0 Å². The molecule has 1 aromatic carbocycles. The van der Waals surface area contributed by atoms with Gasteiger partial charge in [-0.1, -0.05) is 12.1 Å². The van der Waals surface area contributed by atoms with E-state index in [0.29, 0.717) is 13.0 Å². The maximum atomic E-state index is 12.8. The van der Waals surface area contributed by atoms with Crippen LogP contribution in [0.3, 0.4) is 0 Å². The van der Waals surface area contributed by atoms with Gasteiger partial charge in [-0.2, -0.15) is 5.10 Å². The van der Waals surface area contributed by atoms with Gasteiger partial charge in [0.2, 0.25) is 0 Å². The second kappa shape index (κ2) is 8.10. The van der Waals surface area contributed by atoms with Gasteiger partial charge < -0.3 is 15.3 Å². The summed E-state index contributed by atoms with van der Waals surface area (Å²) in [7, 11) is 0. The Balaban J connectivity index is 1.38. The maximum Gasteiger partial charge on any atom is 0.321 e. The number of H-pyrrole nitrogens is 1. The zero-order chi connectivity index (χ0) is 18.6. The first kappa shape index (κ1) is 18.0. The highest BCUT2D eigenvalue weighted by Crippen LogP contribution is 2.31. The van der Waals surface area contributed by atoms with Crippen molar-refractivity contribution in [1.82, 2.24) is 20.0 Å². The van der Waals surface area contributed by atoms with Crippen LogP contribution >= 0.6 is 0 Å². The van der Waals surface area contributed by atoms with Crippen molar-refractivity contribution in [3.05, 3.63) is 36.5 Å². The number of hydrogen-bond donors (Lipinski definition) is 3. The molecule has 2 aliphatic rings. The normalized spacial score (nSPS) is 20.6. The molecule has 2 amide bonds. The molecular formula is C20H27N5O2. The average molecular weight is 369 g/mol. The van der Waals surface area contributed by atoms with E-state index < -0.39 is 0 Å². The number of carbonyl (C=O) groups is 1. The number of nitrogens with one attached hydrogen (secondary N) is 2. The molecule has 1 saturated heterocycles. The van der Waals surface area contributed by atoms with E-state index in [9.17, 15) is 9.90 Å². The maximum absolute atomic E-state index is 12.8. The summed E-state index contributed by atoms with van der Waals surface area (Å²) in [5.41, 5.74) is 2.67.